The Labute approximate surface area is 142 Å². The van der Waals surface area contributed by atoms with Gasteiger partial charge in [-0.3, -0.25) is 4.79 Å². The van der Waals surface area contributed by atoms with Crippen molar-refractivity contribution < 1.29 is 9.53 Å². The van der Waals surface area contributed by atoms with Crippen molar-refractivity contribution in [1.82, 2.24) is 0 Å². The number of benzene rings is 2. The standard InChI is InChI=1S/C19H22ClNO2/c1-5-15-8-6-7-13(3)18(15)21-17(22)11-23-19-14(4)9-12(2)10-16(19)20/h6-10H,5,11H2,1-4H3,(H,21,22). The number of aryl methyl sites for hydroxylation is 4. The smallest absolute Gasteiger partial charge is 0.262 e. The molecule has 0 saturated heterocycles. The van der Waals surface area contributed by atoms with Crippen molar-refractivity contribution in [3.05, 3.63) is 57.6 Å². The molecule has 0 fully saturated rings. The zero-order chi connectivity index (χ0) is 17.0. The number of carbonyl (C=O) groups is 1. The summed E-state index contributed by atoms with van der Waals surface area (Å²) in [5.41, 5.74) is 5.02. The maximum atomic E-state index is 12.2. The van der Waals surface area contributed by atoms with Crippen LogP contribution in [0, 0.1) is 20.8 Å². The molecule has 3 nitrogen and oxygen atoms in total. The average Bonchev–Trinajstić information content (AvgIpc) is 2.48. The van der Waals surface area contributed by atoms with Gasteiger partial charge in [-0.1, -0.05) is 42.8 Å². The highest BCUT2D eigenvalue weighted by Gasteiger charge is 2.12. The fraction of sp³-hybridized carbons (Fsp3) is 0.316. The normalized spacial score (nSPS) is 10.5. The van der Waals surface area contributed by atoms with Crippen LogP contribution in [0.4, 0.5) is 5.69 Å². The first-order valence-corrected chi connectivity index (χ1v) is 8.08. The molecular weight excluding hydrogens is 310 g/mol. The summed E-state index contributed by atoms with van der Waals surface area (Å²) >= 11 is 6.19. The summed E-state index contributed by atoms with van der Waals surface area (Å²) in [6, 6.07) is 9.81. The quantitative estimate of drug-likeness (QED) is 0.850. The molecule has 0 atom stereocenters. The molecule has 0 unspecified atom stereocenters. The molecule has 4 heteroatoms. The van der Waals surface area contributed by atoms with Gasteiger partial charge in [-0.15, -0.1) is 0 Å². The first-order valence-electron chi connectivity index (χ1n) is 7.70. The second kappa shape index (κ2) is 7.51. The number of hydrogen-bond donors (Lipinski definition) is 1. The maximum Gasteiger partial charge on any atom is 0.262 e. The molecule has 0 heterocycles. The van der Waals surface area contributed by atoms with E-state index in [1.54, 1.807) is 0 Å². The summed E-state index contributed by atoms with van der Waals surface area (Å²) in [7, 11) is 0. The number of anilines is 1. The maximum absolute atomic E-state index is 12.2. The number of amides is 1. The zero-order valence-corrected chi connectivity index (χ0v) is 14.8. The fourth-order valence-electron chi connectivity index (χ4n) is 2.60. The predicted octanol–water partition coefficient (Wildman–Crippen LogP) is 4.85. The molecule has 1 N–H and O–H groups in total. The van der Waals surface area contributed by atoms with E-state index in [0.29, 0.717) is 10.8 Å². The van der Waals surface area contributed by atoms with Crippen LogP contribution in [-0.4, -0.2) is 12.5 Å². The predicted molar refractivity (Wildman–Crippen MR) is 95.6 cm³/mol. The van der Waals surface area contributed by atoms with Gasteiger partial charge in [0.1, 0.15) is 5.75 Å². The SMILES string of the molecule is CCc1cccc(C)c1NC(=O)COc1c(C)cc(C)cc1Cl. The van der Waals surface area contributed by atoms with Crippen LogP contribution in [0.1, 0.15) is 29.2 Å². The Morgan fingerprint density at radius 3 is 2.57 bits per heavy atom. The summed E-state index contributed by atoms with van der Waals surface area (Å²) in [5.74, 6) is 0.373. The number of ether oxygens (including phenoxy) is 1. The van der Waals surface area contributed by atoms with E-state index in [9.17, 15) is 4.79 Å². The Balaban J connectivity index is 2.07. The molecule has 0 aliphatic heterocycles. The van der Waals surface area contributed by atoms with E-state index in [-0.39, 0.29) is 12.5 Å². The Morgan fingerprint density at radius 1 is 1.17 bits per heavy atom. The van der Waals surface area contributed by atoms with E-state index in [0.717, 1.165) is 34.4 Å². The van der Waals surface area contributed by atoms with Gasteiger partial charge in [-0.2, -0.15) is 0 Å². The molecule has 2 rings (SSSR count). The van der Waals surface area contributed by atoms with Crippen molar-refractivity contribution in [1.29, 1.82) is 0 Å². The molecule has 23 heavy (non-hydrogen) atoms. The Kier molecular flexibility index (Phi) is 5.67. The van der Waals surface area contributed by atoms with Crippen LogP contribution in [0.3, 0.4) is 0 Å². The zero-order valence-electron chi connectivity index (χ0n) is 14.0. The van der Waals surface area contributed by atoms with Crippen LogP contribution in [0.25, 0.3) is 0 Å². The van der Waals surface area contributed by atoms with Crippen molar-refractivity contribution in [3.8, 4) is 5.75 Å². The molecule has 0 aromatic heterocycles. The van der Waals surface area contributed by atoms with Gasteiger partial charge in [-0.25, -0.2) is 0 Å². The molecule has 2 aromatic rings. The van der Waals surface area contributed by atoms with Gasteiger partial charge >= 0.3 is 0 Å². The van der Waals surface area contributed by atoms with Crippen molar-refractivity contribution in [2.45, 2.75) is 34.1 Å². The highest BCUT2D eigenvalue weighted by atomic mass is 35.5. The molecule has 122 valence electrons. The van der Waals surface area contributed by atoms with Crippen molar-refractivity contribution in [2.75, 3.05) is 11.9 Å². The summed E-state index contributed by atoms with van der Waals surface area (Å²) < 4.78 is 5.63. The van der Waals surface area contributed by atoms with Gasteiger partial charge < -0.3 is 10.1 Å². The molecule has 0 radical (unpaired) electrons. The van der Waals surface area contributed by atoms with Crippen LogP contribution in [0.2, 0.25) is 5.02 Å². The molecule has 0 spiro atoms. The minimum Gasteiger partial charge on any atom is -0.482 e. The van der Waals surface area contributed by atoms with Gasteiger partial charge in [0.25, 0.3) is 5.91 Å². The van der Waals surface area contributed by atoms with Crippen LogP contribution in [0.5, 0.6) is 5.75 Å². The average molecular weight is 332 g/mol. The van der Waals surface area contributed by atoms with E-state index >= 15 is 0 Å². The first-order chi connectivity index (χ1) is 10.9. The monoisotopic (exact) mass is 331 g/mol. The van der Waals surface area contributed by atoms with Crippen molar-refractivity contribution in [3.63, 3.8) is 0 Å². The third-order valence-corrected chi connectivity index (χ3v) is 4.01. The number of halogens is 1. The largest absolute Gasteiger partial charge is 0.482 e. The molecule has 0 saturated carbocycles. The Bertz CT molecular complexity index is 702. The third kappa shape index (κ3) is 4.26. The minimum atomic E-state index is -0.190. The third-order valence-electron chi connectivity index (χ3n) is 3.73. The minimum absolute atomic E-state index is 0.0683. The molecular formula is C19H22ClNO2. The van der Waals surface area contributed by atoms with Crippen LogP contribution in [-0.2, 0) is 11.2 Å². The Morgan fingerprint density at radius 2 is 1.91 bits per heavy atom. The fourth-order valence-corrected chi connectivity index (χ4v) is 2.98. The lowest BCUT2D eigenvalue weighted by atomic mass is 10.1. The number of rotatable bonds is 5. The van der Waals surface area contributed by atoms with E-state index in [4.69, 9.17) is 16.3 Å². The van der Waals surface area contributed by atoms with Gasteiger partial charge in [0, 0.05) is 5.69 Å². The summed E-state index contributed by atoms with van der Waals surface area (Å²) in [6.45, 7) is 7.87. The second-order valence-corrected chi connectivity index (χ2v) is 6.10. The molecule has 2 aromatic carbocycles. The highest BCUT2D eigenvalue weighted by Crippen LogP contribution is 2.29. The van der Waals surface area contributed by atoms with Gasteiger partial charge in [0.2, 0.25) is 0 Å². The summed E-state index contributed by atoms with van der Waals surface area (Å²) in [6.07, 6.45) is 0.862. The number of nitrogens with one attached hydrogen (secondary N) is 1. The van der Waals surface area contributed by atoms with Crippen LogP contribution >= 0.6 is 11.6 Å². The number of carbonyl (C=O) groups excluding carboxylic acids is 1. The van der Waals surface area contributed by atoms with E-state index in [1.165, 1.54) is 0 Å². The van der Waals surface area contributed by atoms with E-state index in [1.807, 2.05) is 51.1 Å². The van der Waals surface area contributed by atoms with Gasteiger partial charge in [0.05, 0.1) is 5.02 Å². The van der Waals surface area contributed by atoms with E-state index < -0.39 is 0 Å². The van der Waals surface area contributed by atoms with Gasteiger partial charge in [0.15, 0.2) is 6.61 Å². The van der Waals surface area contributed by atoms with Crippen LogP contribution in [0.15, 0.2) is 30.3 Å². The first kappa shape index (κ1) is 17.4. The topological polar surface area (TPSA) is 38.3 Å². The lowest BCUT2D eigenvalue weighted by Gasteiger charge is -2.15. The lowest BCUT2D eigenvalue weighted by Crippen LogP contribution is -2.21. The van der Waals surface area contributed by atoms with Crippen molar-refractivity contribution in [2.24, 2.45) is 0 Å². The number of para-hydroxylation sites is 1. The number of hydrogen-bond acceptors (Lipinski definition) is 2. The Hall–Kier alpha value is -2.00. The summed E-state index contributed by atoms with van der Waals surface area (Å²) in [4.78, 5) is 12.2. The summed E-state index contributed by atoms with van der Waals surface area (Å²) in [5, 5.41) is 3.47. The second-order valence-electron chi connectivity index (χ2n) is 5.69. The molecule has 0 bridgehead atoms. The van der Waals surface area contributed by atoms with Crippen LogP contribution < -0.4 is 10.1 Å². The van der Waals surface area contributed by atoms with Crippen molar-refractivity contribution >= 4 is 23.2 Å². The molecule has 1 amide bonds. The van der Waals surface area contributed by atoms with Gasteiger partial charge in [-0.05, 0) is 55.5 Å². The lowest BCUT2D eigenvalue weighted by molar-refractivity contribution is -0.118. The molecule has 0 aliphatic carbocycles. The highest BCUT2D eigenvalue weighted by molar-refractivity contribution is 6.32. The molecule has 0 aliphatic rings. The van der Waals surface area contributed by atoms with E-state index in [2.05, 4.69) is 12.2 Å².